The highest BCUT2D eigenvalue weighted by molar-refractivity contribution is 5.94. The van der Waals surface area contributed by atoms with Gasteiger partial charge in [0.05, 0.1) is 17.9 Å². The molecule has 0 unspecified atom stereocenters. The molecule has 6 nitrogen and oxygen atoms in total. The van der Waals surface area contributed by atoms with E-state index >= 15 is 0 Å². The van der Waals surface area contributed by atoms with Crippen LogP contribution < -0.4 is 10.1 Å². The molecule has 6 heteroatoms. The number of carbonyl (C=O) groups is 3. The number of hydrogen-bond acceptors (Lipinski definition) is 5. The molecule has 19 heavy (non-hydrogen) atoms. The highest BCUT2D eigenvalue weighted by atomic mass is 16.5. The van der Waals surface area contributed by atoms with Crippen LogP contribution in [0.1, 0.15) is 31.1 Å². The lowest BCUT2D eigenvalue weighted by Gasteiger charge is -2.11. The first-order valence-corrected chi connectivity index (χ1v) is 5.71. The second-order valence-corrected chi connectivity index (χ2v) is 3.71. The predicted molar refractivity (Wildman–Crippen MR) is 68.0 cm³/mol. The monoisotopic (exact) mass is 265 g/mol. The zero-order valence-electron chi connectivity index (χ0n) is 11.0. The molecule has 0 aliphatic rings. The molecule has 0 saturated heterocycles. The quantitative estimate of drug-likeness (QED) is 0.662. The average molecular weight is 265 g/mol. The Kier molecular flexibility index (Phi) is 5.05. The molecule has 0 bridgehead atoms. The lowest BCUT2D eigenvalue weighted by atomic mass is 10.2. The number of nitrogens with one attached hydrogen (secondary N) is 1. The SMILES string of the molecule is CCOC(=O)c1ccc(NC(C)=O)c(OC(C)=O)c1. The number of ether oxygens (including phenoxy) is 2. The molecular weight excluding hydrogens is 250 g/mol. The van der Waals surface area contributed by atoms with Crippen LogP contribution in [0.3, 0.4) is 0 Å². The molecule has 0 radical (unpaired) electrons. The first kappa shape index (κ1) is 14.7. The van der Waals surface area contributed by atoms with Crippen LogP contribution >= 0.6 is 0 Å². The second-order valence-electron chi connectivity index (χ2n) is 3.71. The van der Waals surface area contributed by atoms with E-state index in [-0.39, 0.29) is 23.8 Å². The van der Waals surface area contributed by atoms with Gasteiger partial charge in [-0.15, -0.1) is 0 Å². The molecule has 102 valence electrons. The van der Waals surface area contributed by atoms with Gasteiger partial charge in [0.2, 0.25) is 5.91 Å². The Labute approximate surface area is 110 Å². The maximum atomic E-state index is 11.6. The van der Waals surface area contributed by atoms with E-state index in [2.05, 4.69) is 5.32 Å². The molecule has 0 saturated carbocycles. The topological polar surface area (TPSA) is 81.7 Å². The van der Waals surface area contributed by atoms with Crippen molar-refractivity contribution in [1.82, 2.24) is 0 Å². The van der Waals surface area contributed by atoms with Crippen molar-refractivity contribution in [3.63, 3.8) is 0 Å². The number of carbonyl (C=O) groups excluding carboxylic acids is 3. The van der Waals surface area contributed by atoms with Crippen LogP contribution in [0.15, 0.2) is 18.2 Å². The van der Waals surface area contributed by atoms with Crippen LogP contribution in [-0.2, 0) is 14.3 Å². The second kappa shape index (κ2) is 6.53. The Morgan fingerprint density at radius 2 is 1.89 bits per heavy atom. The maximum Gasteiger partial charge on any atom is 0.338 e. The van der Waals surface area contributed by atoms with Gasteiger partial charge in [-0.2, -0.15) is 0 Å². The fraction of sp³-hybridized carbons (Fsp3) is 0.308. The van der Waals surface area contributed by atoms with Crippen molar-refractivity contribution in [2.24, 2.45) is 0 Å². The average Bonchev–Trinajstić information content (AvgIpc) is 2.30. The minimum Gasteiger partial charge on any atom is -0.462 e. The highest BCUT2D eigenvalue weighted by Gasteiger charge is 2.13. The Balaban J connectivity index is 3.10. The summed E-state index contributed by atoms with van der Waals surface area (Å²) >= 11 is 0. The smallest absolute Gasteiger partial charge is 0.338 e. The van der Waals surface area contributed by atoms with Gasteiger partial charge in [0.15, 0.2) is 5.75 Å². The molecule has 0 aliphatic carbocycles. The summed E-state index contributed by atoms with van der Waals surface area (Å²) in [6.07, 6.45) is 0. The summed E-state index contributed by atoms with van der Waals surface area (Å²) in [5, 5.41) is 2.51. The number of anilines is 1. The van der Waals surface area contributed by atoms with Crippen molar-refractivity contribution < 1.29 is 23.9 Å². The standard InChI is InChI=1S/C13H15NO5/c1-4-18-13(17)10-5-6-11(14-8(2)15)12(7-10)19-9(3)16/h5-7H,4H2,1-3H3,(H,14,15). The van der Waals surface area contributed by atoms with Gasteiger partial charge in [-0.05, 0) is 25.1 Å². The fourth-order valence-electron chi connectivity index (χ4n) is 1.40. The van der Waals surface area contributed by atoms with Gasteiger partial charge in [-0.3, -0.25) is 9.59 Å². The third-order valence-corrected chi connectivity index (χ3v) is 2.06. The van der Waals surface area contributed by atoms with E-state index in [4.69, 9.17) is 9.47 Å². The van der Waals surface area contributed by atoms with Crippen molar-refractivity contribution in [3.05, 3.63) is 23.8 Å². The summed E-state index contributed by atoms with van der Waals surface area (Å²) in [5.74, 6) is -1.27. The van der Waals surface area contributed by atoms with Crippen LogP contribution in [0.2, 0.25) is 0 Å². The summed E-state index contributed by atoms with van der Waals surface area (Å²) in [7, 11) is 0. The molecule has 1 aromatic carbocycles. The first-order chi connectivity index (χ1) is 8.93. The van der Waals surface area contributed by atoms with Crippen molar-refractivity contribution in [1.29, 1.82) is 0 Å². The Hall–Kier alpha value is -2.37. The summed E-state index contributed by atoms with van der Waals surface area (Å²) in [5.41, 5.74) is 0.558. The normalized spacial score (nSPS) is 9.63. The fourth-order valence-corrected chi connectivity index (χ4v) is 1.40. The molecule has 0 atom stereocenters. The molecule has 0 fully saturated rings. The molecule has 0 spiro atoms. The number of esters is 2. The van der Waals surface area contributed by atoms with E-state index in [1.54, 1.807) is 6.92 Å². The largest absolute Gasteiger partial charge is 0.462 e. The minimum absolute atomic E-state index is 0.105. The summed E-state index contributed by atoms with van der Waals surface area (Å²) in [4.78, 5) is 33.6. The van der Waals surface area contributed by atoms with Gasteiger partial charge >= 0.3 is 11.9 Å². The first-order valence-electron chi connectivity index (χ1n) is 5.71. The van der Waals surface area contributed by atoms with E-state index in [0.717, 1.165) is 0 Å². The van der Waals surface area contributed by atoms with Crippen LogP contribution in [0.5, 0.6) is 5.75 Å². The van der Waals surface area contributed by atoms with Gasteiger partial charge in [-0.1, -0.05) is 0 Å². The van der Waals surface area contributed by atoms with Crippen molar-refractivity contribution in [2.75, 3.05) is 11.9 Å². The number of benzene rings is 1. The molecule has 1 rings (SSSR count). The van der Waals surface area contributed by atoms with Crippen LogP contribution in [0, 0.1) is 0 Å². The van der Waals surface area contributed by atoms with Gasteiger partial charge < -0.3 is 14.8 Å². The number of rotatable bonds is 4. The number of amides is 1. The van der Waals surface area contributed by atoms with E-state index in [9.17, 15) is 14.4 Å². The van der Waals surface area contributed by atoms with Crippen molar-refractivity contribution in [3.8, 4) is 5.75 Å². The Morgan fingerprint density at radius 1 is 1.21 bits per heavy atom. The van der Waals surface area contributed by atoms with E-state index in [1.165, 1.54) is 32.0 Å². The summed E-state index contributed by atoms with van der Waals surface area (Å²) < 4.78 is 9.80. The highest BCUT2D eigenvalue weighted by Crippen LogP contribution is 2.26. The zero-order chi connectivity index (χ0) is 14.4. The lowest BCUT2D eigenvalue weighted by molar-refractivity contribution is -0.131. The molecule has 0 heterocycles. The Morgan fingerprint density at radius 3 is 2.42 bits per heavy atom. The van der Waals surface area contributed by atoms with Gasteiger partial charge in [0.25, 0.3) is 0 Å². The molecular formula is C13H15NO5. The van der Waals surface area contributed by atoms with Crippen LogP contribution in [-0.4, -0.2) is 24.5 Å². The predicted octanol–water partition coefficient (Wildman–Crippen LogP) is 1.75. The van der Waals surface area contributed by atoms with Crippen molar-refractivity contribution in [2.45, 2.75) is 20.8 Å². The molecule has 0 aromatic heterocycles. The lowest BCUT2D eigenvalue weighted by Crippen LogP contribution is -2.11. The molecule has 1 N–H and O–H groups in total. The Bertz CT molecular complexity index is 510. The van der Waals surface area contributed by atoms with Crippen molar-refractivity contribution >= 4 is 23.5 Å². The van der Waals surface area contributed by atoms with Gasteiger partial charge in [0, 0.05) is 13.8 Å². The molecule has 0 aliphatic heterocycles. The van der Waals surface area contributed by atoms with E-state index in [1.807, 2.05) is 0 Å². The number of hydrogen-bond donors (Lipinski definition) is 1. The molecule has 1 amide bonds. The van der Waals surface area contributed by atoms with Crippen LogP contribution in [0.25, 0.3) is 0 Å². The van der Waals surface area contributed by atoms with Gasteiger partial charge in [0.1, 0.15) is 0 Å². The molecule has 1 aromatic rings. The summed E-state index contributed by atoms with van der Waals surface area (Å²) in [6, 6.07) is 4.31. The summed E-state index contributed by atoms with van der Waals surface area (Å²) in [6.45, 7) is 4.50. The maximum absolute atomic E-state index is 11.6. The van der Waals surface area contributed by atoms with Crippen LogP contribution in [0.4, 0.5) is 5.69 Å². The van der Waals surface area contributed by atoms with Gasteiger partial charge in [-0.25, -0.2) is 4.79 Å². The van der Waals surface area contributed by atoms with E-state index in [0.29, 0.717) is 5.69 Å². The van der Waals surface area contributed by atoms with E-state index < -0.39 is 11.9 Å². The third kappa shape index (κ3) is 4.42. The third-order valence-electron chi connectivity index (χ3n) is 2.06. The zero-order valence-corrected chi connectivity index (χ0v) is 11.0. The minimum atomic E-state index is -0.549.